The molecule has 0 unspecified atom stereocenters. The first-order valence-electron chi connectivity index (χ1n) is 5.26. The lowest BCUT2D eigenvalue weighted by Gasteiger charge is -2.28. The summed E-state index contributed by atoms with van der Waals surface area (Å²) in [5.74, 6) is 1.78. The van der Waals surface area contributed by atoms with Crippen LogP contribution in [0.5, 0.6) is 0 Å². The maximum Gasteiger partial charge on any atom is 0.401 e. The van der Waals surface area contributed by atoms with Gasteiger partial charge in [0.05, 0.1) is 6.54 Å². The summed E-state index contributed by atoms with van der Waals surface area (Å²) in [7, 11) is 0. The molecule has 2 bridgehead atoms. The zero-order valence-electron chi connectivity index (χ0n) is 8.27. The summed E-state index contributed by atoms with van der Waals surface area (Å²) < 4.78 is 36.0. The molecule has 1 nitrogen and oxygen atoms in total. The SMILES string of the molecule is C[C@@H]1C[C@@H]2C[C@H]1[C@H](NCC(F)(F)F)C2. The zero-order valence-corrected chi connectivity index (χ0v) is 8.27. The van der Waals surface area contributed by atoms with Gasteiger partial charge in [-0.25, -0.2) is 0 Å². The molecule has 2 aliphatic carbocycles. The number of alkyl halides is 3. The van der Waals surface area contributed by atoms with Crippen LogP contribution in [-0.2, 0) is 0 Å². The van der Waals surface area contributed by atoms with Gasteiger partial charge >= 0.3 is 6.18 Å². The Morgan fingerprint density at radius 1 is 1.21 bits per heavy atom. The van der Waals surface area contributed by atoms with E-state index < -0.39 is 12.7 Å². The second-order valence-electron chi connectivity index (χ2n) is 4.82. The van der Waals surface area contributed by atoms with E-state index in [0.29, 0.717) is 17.8 Å². The molecule has 2 saturated carbocycles. The number of fused-ring (bicyclic) bond motifs is 2. The fraction of sp³-hybridized carbons (Fsp3) is 1.00. The van der Waals surface area contributed by atoms with Crippen LogP contribution in [0.1, 0.15) is 26.2 Å². The van der Waals surface area contributed by atoms with E-state index in [1.807, 2.05) is 0 Å². The van der Waals surface area contributed by atoms with Gasteiger partial charge in [0.1, 0.15) is 0 Å². The van der Waals surface area contributed by atoms with Crippen LogP contribution < -0.4 is 5.32 Å². The molecule has 0 aromatic heterocycles. The predicted octanol–water partition coefficient (Wildman–Crippen LogP) is 2.57. The molecule has 0 saturated heterocycles. The molecule has 2 rings (SSSR count). The van der Waals surface area contributed by atoms with E-state index >= 15 is 0 Å². The van der Waals surface area contributed by atoms with Gasteiger partial charge in [-0.15, -0.1) is 0 Å². The molecule has 0 spiro atoms. The van der Waals surface area contributed by atoms with Gasteiger partial charge in [-0.1, -0.05) is 6.92 Å². The summed E-state index contributed by atoms with van der Waals surface area (Å²) in [6.07, 6.45) is -0.762. The highest BCUT2D eigenvalue weighted by Crippen LogP contribution is 2.48. The molecule has 0 aliphatic heterocycles. The smallest absolute Gasteiger partial charge is 0.306 e. The van der Waals surface area contributed by atoms with Crippen molar-refractivity contribution in [1.29, 1.82) is 0 Å². The van der Waals surface area contributed by atoms with Gasteiger partial charge in [0.15, 0.2) is 0 Å². The predicted molar refractivity (Wildman–Crippen MR) is 47.8 cm³/mol. The molecule has 82 valence electrons. The van der Waals surface area contributed by atoms with Crippen molar-refractivity contribution in [2.75, 3.05) is 6.54 Å². The first-order chi connectivity index (χ1) is 6.46. The van der Waals surface area contributed by atoms with E-state index in [4.69, 9.17) is 0 Å². The maximum atomic E-state index is 12.0. The van der Waals surface area contributed by atoms with E-state index in [0.717, 1.165) is 12.8 Å². The molecule has 14 heavy (non-hydrogen) atoms. The first kappa shape index (κ1) is 10.3. The number of hydrogen-bond donors (Lipinski definition) is 1. The van der Waals surface area contributed by atoms with Crippen LogP contribution in [0.25, 0.3) is 0 Å². The highest BCUT2D eigenvalue weighted by molar-refractivity contribution is 4.97. The zero-order chi connectivity index (χ0) is 10.3. The van der Waals surface area contributed by atoms with E-state index in [9.17, 15) is 13.2 Å². The Hall–Kier alpha value is -0.250. The summed E-state index contributed by atoms with van der Waals surface area (Å²) >= 11 is 0. The number of halogens is 3. The standard InChI is InChI=1S/C10H16F3N/c1-6-2-7-3-8(6)9(4-7)14-5-10(11,12)13/h6-9,14H,2-5H2,1H3/t6-,7-,8-,9-/m1/s1. The third-order valence-electron chi connectivity index (χ3n) is 3.71. The molecule has 1 N–H and O–H groups in total. The summed E-state index contributed by atoms with van der Waals surface area (Å²) in [6.45, 7) is 1.33. The summed E-state index contributed by atoms with van der Waals surface area (Å²) in [6, 6.07) is 0.116. The molecule has 4 heteroatoms. The molecule has 2 fully saturated rings. The topological polar surface area (TPSA) is 12.0 Å². The number of hydrogen-bond acceptors (Lipinski definition) is 1. The molecule has 0 aromatic carbocycles. The average Bonchev–Trinajstić information content (AvgIpc) is 2.56. The molecule has 0 aromatic rings. The Morgan fingerprint density at radius 2 is 1.93 bits per heavy atom. The van der Waals surface area contributed by atoms with Gasteiger partial charge in [-0.3, -0.25) is 0 Å². The highest BCUT2D eigenvalue weighted by atomic mass is 19.4. The largest absolute Gasteiger partial charge is 0.401 e. The van der Waals surface area contributed by atoms with Crippen LogP contribution in [0.15, 0.2) is 0 Å². The van der Waals surface area contributed by atoms with Gasteiger partial charge in [0.25, 0.3) is 0 Å². The molecular weight excluding hydrogens is 191 g/mol. The summed E-state index contributed by atoms with van der Waals surface area (Å²) in [5, 5.41) is 2.66. The van der Waals surface area contributed by atoms with Crippen LogP contribution in [0, 0.1) is 17.8 Å². The van der Waals surface area contributed by atoms with Crippen molar-refractivity contribution in [3.63, 3.8) is 0 Å². The average molecular weight is 207 g/mol. The van der Waals surface area contributed by atoms with Crippen molar-refractivity contribution in [3.8, 4) is 0 Å². The minimum Gasteiger partial charge on any atom is -0.306 e. The Morgan fingerprint density at radius 3 is 2.43 bits per heavy atom. The number of nitrogens with one attached hydrogen (secondary N) is 1. The van der Waals surface area contributed by atoms with E-state index in [1.165, 1.54) is 6.42 Å². The van der Waals surface area contributed by atoms with Crippen LogP contribution >= 0.6 is 0 Å². The van der Waals surface area contributed by atoms with Gasteiger partial charge in [-0.2, -0.15) is 13.2 Å². The van der Waals surface area contributed by atoms with Gasteiger partial charge in [0, 0.05) is 6.04 Å². The summed E-state index contributed by atoms with van der Waals surface area (Å²) in [5.41, 5.74) is 0. The molecule has 0 amide bonds. The normalized spacial score (nSPS) is 42.0. The Kier molecular flexibility index (Phi) is 2.50. The van der Waals surface area contributed by atoms with E-state index in [-0.39, 0.29) is 6.04 Å². The lowest BCUT2D eigenvalue weighted by atomic mass is 9.86. The van der Waals surface area contributed by atoms with E-state index in [1.54, 1.807) is 0 Å². The van der Waals surface area contributed by atoms with Crippen molar-refractivity contribution in [2.45, 2.75) is 38.4 Å². The third kappa shape index (κ3) is 2.05. The van der Waals surface area contributed by atoms with Crippen LogP contribution in [-0.4, -0.2) is 18.8 Å². The number of rotatable bonds is 2. The molecular formula is C10H16F3N. The van der Waals surface area contributed by atoms with Gasteiger partial charge < -0.3 is 5.32 Å². The fourth-order valence-electron chi connectivity index (χ4n) is 3.18. The lowest BCUT2D eigenvalue weighted by molar-refractivity contribution is -0.127. The van der Waals surface area contributed by atoms with Crippen molar-refractivity contribution in [2.24, 2.45) is 17.8 Å². The fourth-order valence-corrected chi connectivity index (χ4v) is 3.18. The van der Waals surface area contributed by atoms with Gasteiger partial charge in [0.2, 0.25) is 0 Å². The third-order valence-corrected chi connectivity index (χ3v) is 3.71. The van der Waals surface area contributed by atoms with Crippen molar-refractivity contribution in [3.05, 3.63) is 0 Å². The molecule has 0 radical (unpaired) electrons. The Bertz CT molecular complexity index is 214. The van der Waals surface area contributed by atoms with Crippen LogP contribution in [0.4, 0.5) is 13.2 Å². The second kappa shape index (κ2) is 3.40. The van der Waals surface area contributed by atoms with Crippen LogP contribution in [0.3, 0.4) is 0 Å². The molecule has 0 heterocycles. The highest BCUT2D eigenvalue weighted by Gasteiger charge is 2.44. The second-order valence-corrected chi connectivity index (χ2v) is 4.82. The van der Waals surface area contributed by atoms with Crippen molar-refractivity contribution < 1.29 is 13.2 Å². The van der Waals surface area contributed by atoms with Crippen LogP contribution in [0.2, 0.25) is 0 Å². The monoisotopic (exact) mass is 207 g/mol. The minimum atomic E-state index is -4.06. The Labute approximate surface area is 82.1 Å². The van der Waals surface area contributed by atoms with Gasteiger partial charge in [-0.05, 0) is 37.0 Å². The molecule has 2 aliphatic rings. The Balaban J connectivity index is 1.83. The quantitative estimate of drug-likeness (QED) is 0.733. The first-order valence-corrected chi connectivity index (χ1v) is 5.26. The molecule has 4 atom stereocenters. The van der Waals surface area contributed by atoms with Crippen molar-refractivity contribution >= 4 is 0 Å². The lowest BCUT2D eigenvalue weighted by Crippen LogP contribution is -2.41. The van der Waals surface area contributed by atoms with E-state index in [2.05, 4.69) is 12.2 Å². The van der Waals surface area contributed by atoms with Crippen molar-refractivity contribution in [1.82, 2.24) is 5.32 Å². The summed E-state index contributed by atoms with van der Waals surface area (Å²) in [4.78, 5) is 0. The maximum absolute atomic E-state index is 12.0. The minimum absolute atomic E-state index is 0.116.